The Balaban J connectivity index is 1.84. The van der Waals surface area contributed by atoms with Crippen LogP contribution >= 0.6 is 0 Å². The molecule has 2 heterocycles. The summed E-state index contributed by atoms with van der Waals surface area (Å²) in [6, 6.07) is 0.0106. The largest absolute Gasteiger partial charge is 0.386 e. The van der Waals surface area contributed by atoms with Crippen molar-refractivity contribution in [1.29, 1.82) is 0 Å². The second-order valence-electron chi connectivity index (χ2n) is 4.42. The molecule has 0 aromatic heterocycles. The van der Waals surface area contributed by atoms with E-state index in [1.807, 2.05) is 6.92 Å². The van der Waals surface area contributed by atoms with E-state index in [2.05, 4.69) is 5.32 Å². The highest BCUT2D eigenvalue weighted by atomic mass is 16.3. The van der Waals surface area contributed by atoms with Crippen LogP contribution in [0.1, 0.15) is 26.2 Å². The van der Waals surface area contributed by atoms with Crippen molar-refractivity contribution in [1.82, 2.24) is 10.2 Å². The molecule has 2 saturated heterocycles. The molecule has 0 radical (unpaired) electrons. The third-order valence-corrected chi connectivity index (χ3v) is 3.30. The van der Waals surface area contributed by atoms with Gasteiger partial charge in [-0.2, -0.15) is 0 Å². The van der Waals surface area contributed by atoms with Gasteiger partial charge in [0.2, 0.25) is 5.91 Å². The van der Waals surface area contributed by atoms with Crippen molar-refractivity contribution in [3.05, 3.63) is 0 Å². The Labute approximate surface area is 84.3 Å². The molecular formula is C10H18N2O2. The monoisotopic (exact) mass is 198 g/mol. The van der Waals surface area contributed by atoms with Crippen LogP contribution in [0.3, 0.4) is 0 Å². The normalized spacial score (nSPS) is 30.1. The van der Waals surface area contributed by atoms with Gasteiger partial charge in [-0.15, -0.1) is 0 Å². The number of carbonyl (C=O) groups is 1. The van der Waals surface area contributed by atoms with Gasteiger partial charge in [-0.3, -0.25) is 4.79 Å². The SMILES string of the molecule is CCC1(O)CN(C(=O)[C@H]2CCCN2)C1. The van der Waals surface area contributed by atoms with Crippen LogP contribution < -0.4 is 5.32 Å². The fraction of sp³-hybridized carbons (Fsp3) is 0.900. The second-order valence-corrected chi connectivity index (χ2v) is 4.42. The van der Waals surface area contributed by atoms with Crippen LogP contribution in [0.4, 0.5) is 0 Å². The lowest BCUT2D eigenvalue weighted by molar-refractivity contribution is -0.157. The topological polar surface area (TPSA) is 52.6 Å². The molecule has 2 aliphatic heterocycles. The lowest BCUT2D eigenvalue weighted by Crippen LogP contribution is -2.65. The number of nitrogens with zero attached hydrogens (tertiary/aromatic N) is 1. The summed E-state index contributed by atoms with van der Waals surface area (Å²) in [7, 11) is 0. The Morgan fingerprint density at radius 3 is 2.86 bits per heavy atom. The minimum Gasteiger partial charge on any atom is -0.386 e. The number of aliphatic hydroxyl groups is 1. The molecule has 14 heavy (non-hydrogen) atoms. The third-order valence-electron chi connectivity index (χ3n) is 3.30. The van der Waals surface area contributed by atoms with Gasteiger partial charge in [-0.05, 0) is 25.8 Å². The fourth-order valence-corrected chi connectivity index (χ4v) is 2.16. The maximum Gasteiger partial charge on any atom is 0.239 e. The van der Waals surface area contributed by atoms with Crippen molar-refractivity contribution in [3.8, 4) is 0 Å². The standard InChI is InChI=1S/C10H18N2O2/c1-2-10(14)6-12(7-10)9(13)8-4-3-5-11-8/h8,11,14H,2-7H2,1H3/t8-/m1/s1. The van der Waals surface area contributed by atoms with Crippen LogP contribution in [0.15, 0.2) is 0 Å². The summed E-state index contributed by atoms with van der Waals surface area (Å²) in [5, 5.41) is 12.9. The predicted molar refractivity (Wildman–Crippen MR) is 52.8 cm³/mol. The van der Waals surface area contributed by atoms with E-state index >= 15 is 0 Å². The zero-order chi connectivity index (χ0) is 10.2. The quantitative estimate of drug-likeness (QED) is 0.642. The Morgan fingerprint density at radius 2 is 2.36 bits per heavy atom. The molecule has 2 fully saturated rings. The molecule has 2 N–H and O–H groups in total. The van der Waals surface area contributed by atoms with Gasteiger partial charge in [-0.1, -0.05) is 6.92 Å². The van der Waals surface area contributed by atoms with Gasteiger partial charge in [0.1, 0.15) is 0 Å². The third kappa shape index (κ3) is 1.64. The number of likely N-dealkylation sites (tertiary alicyclic amines) is 1. The summed E-state index contributed by atoms with van der Waals surface area (Å²) in [5.41, 5.74) is -0.603. The van der Waals surface area contributed by atoms with Crippen molar-refractivity contribution >= 4 is 5.91 Å². The lowest BCUT2D eigenvalue weighted by Gasteiger charge is -2.46. The lowest BCUT2D eigenvalue weighted by atomic mass is 9.90. The van der Waals surface area contributed by atoms with E-state index in [0.717, 1.165) is 25.8 Å². The zero-order valence-corrected chi connectivity index (χ0v) is 8.62. The summed E-state index contributed by atoms with van der Waals surface area (Å²) < 4.78 is 0. The minimum atomic E-state index is -0.603. The molecule has 0 aromatic rings. The van der Waals surface area contributed by atoms with Crippen LogP contribution in [-0.4, -0.2) is 47.2 Å². The number of rotatable bonds is 2. The summed E-state index contributed by atoms with van der Waals surface area (Å²) in [5.74, 6) is 0.167. The molecule has 0 spiro atoms. The first-order valence-corrected chi connectivity index (χ1v) is 5.39. The summed E-state index contributed by atoms with van der Waals surface area (Å²) in [6.07, 6.45) is 2.76. The minimum absolute atomic E-state index is 0.0106. The van der Waals surface area contributed by atoms with Gasteiger partial charge in [0, 0.05) is 0 Å². The molecule has 80 valence electrons. The maximum absolute atomic E-state index is 11.8. The van der Waals surface area contributed by atoms with E-state index in [-0.39, 0.29) is 11.9 Å². The van der Waals surface area contributed by atoms with Crippen molar-refractivity contribution in [2.45, 2.75) is 37.8 Å². The summed E-state index contributed by atoms with van der Waals surface area (Å²) in [4.78, 5) is 13.5. The Kier molecular flexibility index (Phi) is 2.49. The van der Waals surface area contributed by atoms with Gasteiger partial charge in [0.15, 0.2) is 0 Å². The molecule has 2 rings (SSSR count). The van der Waals surface area contributed by atoms with Gasteiger partial charge in [-0.25, -0.2) is 0 Å². The van der Waals surface area contributed by atoms with Crippen LogP contribution in [0.2, 0.25) is 0 Å². The highest BCUT2D eigenvalue weighted by Crippen LogP contribution is 2.25. The van der Waals surface area contributed by atoms with E-state index < -0.39 is 5.60 Å². The molecule has 0 aromatic carbocycles. The van der Waals surface area contributed by atoms with Crippen molar-refractivity contribution in [2.24, 2.45) is 0 Å². The second kappa shape index (κ2) is 3.51. The smallest absolute Gasteiger partial charge is 0.239 e. The first-order chi connectivity index (χ1) is 6.64. The number of hydrogen-bond acceptors (Lipinski definition) is 3. The van der Waals surface area contributed by atoms with Crippen LogP contribution in [0.25, 0.3) is 0 Å². The summed E-state index contributed by atoms with van der Waals surface area (Å²) in [6.45, 7) is 3.93. The molecule has 1 amide bonds. The Bertz CT molecular complexity index is 230. The molecular weight excluding hydrogens is 180 g/mol. The van der Waals surface area contributed by atoms with Gasteiger partial charge >= 0.3 is 0 Å². The molecule has 0 bridgehead atoms. The number of carbonyl (C=O) groups excluding carboxylic acids is 1. The molecule has 0 aliphatic carbocycles. The van der Waals surface area contributed by atoms with E-state index in [1.165, 1.54) is 0 Å². The van der Waals surface area contributed by atoms with E-state index in [9.17, 15) is 9.90 Å². The average molecular weight is 198 g/mol. The number of amides is 1. The van der Waals surface area contributed by atoms with E-state index in [1.54, 1.807) is 4.90 Å². The molecule has 4 nitrogen and oxygen atoms in total. The summed E-state index contributed by atoms with van der Waals surface area (Å²) >= 11 is 0. The first kappa shape index (κ1) is 9.93. The van der Waals surface area contributed by atoms with Crippen molar-refractivity contribution < 1.29 is 9.90 Å². The molecule has 4 heteroatoms. The Morgan fingerprint density at radius 1 is 1.64 bits per heavy atom. The molecule has 2 aliphatic rings. The molecule has 0 saturated carbocycles. The van der Waals surface area contributed by atoms with Gasteiger partial charge in [0.25, 0.3) is 0 Å². The first-order valence-electron chi connectivity index (χ1n) is 5.39. The van der Waals surface area contributed by atoms with Gasteiger partial charge in [0.05, 0.1) is 24.7 Å². The van der Waals surface area contributed by atoms with Crippen LogP contribution in [0, 0.1) is 0 Å². The van der Waals surface area contributed by atoms with E-state index in [0.29, 0.717) is 13.1 Å². The van der Waals surface area contributed by atoms with E-state index in [4.69, 9.17) is 0 Å². The average Bonchev–Trinajstić information content (AvgIpc) is 2.64. The highest BCUT2D eigenvalue weighted by molar-refractivity contribution is 5.83. The van der Waals surface area contributed by atoms with Crippen LogP contribution in [0.5, 0.6) is 0 Å². The van der Waals surface area contributed by atoms with Gasteiger partial charge < -0.3 is 15.3 Å². The fourth-order valence-electron chi connectivity index (χ4n) is 2.16. The zero-order valence-electron chi connectivity index (χ0n) is 8.62. The number of hydrogen-bond donors (Lipinski definition) is 2. The predicted octanol–water partition coefficient (Wildman–Crippen LogP) is -0.278. The number of nitrogens with one attached hydrogen (secondary N) is 1. The highest BCUT2D eigenvalue weighted by Gasteiger charge is 2.43. The van der Waals surface area contributed by atoms with Crippen molar-refractivity contribution in [3.63, 3.8) is 0 Å². The molecule has 0 unspecified atom stereocenters. The Hall–Kier alpha value is -0.610. The molecule has 1 atom stereocenters. The maximum atomic E-state index is 11.8. The number of β-amino-alcohol motifs (C(OH)–C–C–N with tert-alkyl or cyclic N) is 1. The van der Waals surface area contributed by atoms with Crippen LogP contribution in [-0.2, 0) is 4.79 Å². The van der Waals surface area contributed by atoms with Crippen molar-refractivity contribution in [2.75, 3.05) is 19.6 Å².